The first-order valence-corrected chi connectivity index (χ1v) is 6.36. The van der Waals surface area contributed by atoms with Crippen LogP contribution in [-0.4, -0.2) is 15.6 Å². The smallest absolute Gasteiger partial charge is 0.228 e. The zero-order valence-electron chi connectivity index (χ0n) is 11.4. The molecule has 102 valence electrons. The van der Waals surface area contributed by atoms with E-state index in [2.05, 4.69) is 5.10 Å². The van der Waals surface area contributed by atoms with Gasteiger partial charge in [-0.15, -0.1) is 0 Å². The lowest BCUT2D eigenvalue weighted by molar-refractivity contribution is 0.0995. The van der Waals surface area contributed by atoms with E-state index in [0.29, 0.717) is 23.1 Å². The molecule has 5 heteroatoms. The van der Waals surface area contributed by atoms with E-state index in [-0.39, 0.29) is 11.7 Å². The van der Waals surface area contributed by atoms with Gasteiger partial charge in [0.2, 0.25) is 11.6 Å². The third kappa shape index (κ3) is 1.87. The number of nitrogens with two attached hydrogens (primary N) is 1. The monoisotopic (exact) mass is 269 g/mol. The topological polar surface area (TPSA) is 74.1 Å². The highest BCUT2D eigenvalue weighted by molar-refractivity contribution is 6.12. The molecule has 0 saturated carbocycles. The Labute approximate surface area is 116 Å². The van der Waals surface area contributed by atoms with Gasteiger partial charge in [0.15, 0.2) is 5.78 Å². The number of hydrogen-bond acceptors (Lipinski definition) is 4. The summed E-state index contributed by atoms with van der Waals surface area (Å²) in [7, 11) is 1.77. The van der Waals surface area contributed by atoms with Crippen molar-refractivity contribution in [1.82, 2.24) is 9.78 Å². The highest BCUT2D eigenvalue weighted by Gasteiger charge is 2.23. The summed E-state index contributed by atoms with van der Waals surface area (Å²) in [6.07, 6.45) is 0.300. The summed E-state index contributed by atoms with van der Waals surface area (Å²) in [6.45, 7) is 1.84. The zero-order chi connectivity index (χ0) is 14.3. The van der Waals surface area contributed by atoms with E-state index in [9.17, 15) is 4.79 Å². The average Bonchev–Trinajstić information content (AvgIpc) is 2.89. The van der Waals surface area contributed by atoms with Gasteiger partial charge >= 0.3 is 0 Å². The van der Waals surface area contributed by atoms with Crippen molar-refractivity contribution in [3.63, 3.8) is 0 Å². The fourth-order valence-electron chi connectivity index (χ4n) is 2.47. The van der Waals surface area contributed by atoms with Crippen LogP contribution in [0.1, 0.15) is 21.6 Å². The van der Waals surface area contributed by atoms with Crippen molar-refractivity contribution in [2.75, 3.05) is 5.73 Å². The molecule has 0 bridgehead atoms. The molecule has 0 atom stereocenters. The molecule has 0 aliphatic rings. The van der Waals surface area contributed by atoms with Crippen LogP contribution in [0.4, 0.5) is 5.88 Å². The van der Waals surface area contributed by atoms with Crippen LogP contribution in [0.15, 0.2) is 34.7 Å². The second-order valence-corrected chi connectivity index (χ2v) is 4.82. The molecule has 2 aromatic heterocycles. The second-order valence-electron chi connectivity index (χ2n) is 4.82. The molecular weight excluding hydrogens is 254 g/mol. The number of rotatable bonds is 3. The lowest BCUT2D eigenvalue weighted by Gasteiger charge is -2.00. The summed E-state index contributed by atoms with van der Waals surface area (Å²) in [4.78, 5) is 12.5. The number of nitrogen functional groups attached to an aromatic ring is 1. The van der Waals surface area contributed by atoms with Crippen LogP contribution in [-0.2, 0) is 13.5 Å². The van der Waals surface area contributed by atoms with E-state index in [1.807, 2.05) is 37.3 Å². The summed E-state index contributed by atoms with van der Waals surface area (Å²) in [5.41, 5.74) is 8.54. The third-order valence-electron chi connectivity index (χ3n) is 3.36. The number of aromatic nitrogens is 2. The predicted molar refractivity (Wildman–Crippen MR) is 76.6 cm³/mol. The Kier molecular flexibility index (Phi) is 2.82. The number of benzene rings is 1. The van der Waals surface area contributed by atoms with E-state index in [1.54, 1.807) is 11.7 Å². The average molecular weight is 269 g/mol. The number of fused-ring (bicyclic) bond motifs is 1. The molecule has 2 heterocycles. The van der Waals surface area contributed by atoms with Gasteiger partial charge in [-0.3, -0.25) is 4.79 Å². The highest BCUT2D eigenvalue weighted by Crippen LogP contribution is 2.31. The van der Waals surface area contributed by atoms with Crippen molar-refractivity contribution >= 4 is 22.8 Å². The Morgan fingerprint density at radius 2 is 2.05 bits per heavy atom. The number of Topliss-reactive ketones (excluding diaryl/α,β-unsaturated/α-hetero) is 1. The number of furan rings is 1. The molecule has 5 nitrogen and oxygen atoms in total. The first-order valence-electron chi connectivity index (χ1n) is 6.36. The van der Waals surface area contributed by atoms with Gasteiger partial charge in [-0.1, -0.05) is 30.3 Å². The minimum Gasteiger partial charge on any atom is -0.422 e. The van der Waals surface area contributed by atoms with Crippen LogP contribution in [0.25, 0.3) is 11.1 Å². The van der Waals surface area contributed by atoms with Gasteiger partial charge in [-0.2, -0.15) is 5.10 Å². The number of ketones is 1. The second kappa shape index (κ2) is 4.52. The van der Waals surface area contributed by atoms with Crippen LogP contribution in [0.3, 0.4) is 0 Å². The minimum absolute atomic E-state index is 0.0523. The van der Waals surface area contributed by atoms with E-state index < -0.39 is 0 Å². The van der Waals surface area contributed by atoms with Gasteiger partial charge in [-0.25, -0.2) is 4.68 Å². The molecule has 0 spiro atoms. The van der Waals surface area contributed by atoms with Gasteiger partial charge in [0.1, 0.15) is 0 Å². The summed E-state index contributed by atoms with van der Waals surface area (Å²) in [5.74, 6) is 0.112. The fourth-order valence-corrected chi connectivity index (χ4v) is 2.47. The van der Waals surface area contributed by atoms with E-state index in [0.717, 1.165) is 11.3 Å². The Morgan fingerprint density at radius 1 is 1.35 bits per heavy atom. The number of anilines is 1. The normalized spacial score (nSPS) is 11.1. The maximum absolute atomic E-state index is 12.5. The fraction of sp³-hybridized carbons (Fsp3) is 0.200. The first kappa shape index (κ1) is 12.5. The highest BCUT2D eigenvalue weighted by atomic mass is 16.4. The minimum atomic E-state index is -0.0523. The van der Waals surface area contributed by atoms with Gasteiger partial charge in [0.05, 0.1) is 16.6 Å². The van der Waals surface area contributed by atoms with Crippen LogP contribution < -0.4 is 5.73 Å². The van der Waals surface area contributed by atoms with Crippen LogP contribution in [0, 0.1) is 6.92 Å². The van der Waals surface area contributed by atoms with Gasteiger partial charge < -0.3 is 10.2 Å². The van der Waals surface area contributed by atoms with E-state index >= 15 is 0 Å². The van der Waals surface area contributed by atoms with Gasteiger partial charge in [0.25, 0.3) is 0 Å². The summed E-state index contributed by atoms with van der Waals surface area (Å²) >= 11 is 0. The van der Waals surface area contributed by atoms with Crippen molar-refractivity contribution in [2.24, 2.45) is 7.05 Å². The number of carbonyl (C=O) groups is 1. The molecule has 0 fully saturated rings. The number of hydrogen-bond donors (Lipinski definition) is 1. The quantitative estimate of drug-likeness (QED) is 0.741. The van der Waals surface area contributed by atoms with Crippen LogP contribution in [0.5, 0.6) is 0 Å². The Morgan fingerprint density at radius 3 is 2.75 bits per heavy atom. The van der Waals surface area contributed by atoms with Crippen molar-refractivity contribution in [3.8, 4) is 0 Å². The Hall–Kier alpha value is -2.56. The molecular formula is C15H15N3O2. The molecule has 1 aromatic carbocycles. The van der Waals surface area contributed by atoms with E-state index in [4.69, 9.17) is 10.2 Å². The number of aryl methyl sites for hydroxylation is 2. The number of carbonyl (C=O) groups excluding carboxylic acids is 1. The molecule has 0 unspecified atom stereocenters. The maximum Gasteiger partial charge on any atom is 0.228 e. The summed E-state index contributed by atoms with van der Waals surface area (Å²) < 4.78 is 7.06. The molecule has 0 saturated heterocycles. The molecule has 0 radical (unpaired) electrons. The van der Waals surface area contributed by atoms with Crippen LogP contribution in [0.2, 0.25) is 0 Å². The van der Waals surface area contributed by atoms with Crippen molar-refractivity contribution in [2.45, 2.75) is 13.3 Å². The van der Waals surface area contributed by atoms with Crippen molar-refractivity contribution < 1.29 is 9.21 Å². The standard InChI is InChI=1S/C15H15N3O2/c1-9-12-13(14(16)20-15(12)18(2)17-9)11(19)8-10-6-4-3-5-7-10/h3-7H,8,16H2,1-2H3. The Bertz CT molecular complexity index is 784. The van der Waals surface area contributed by atoms with Gasteiger partial charge in [-0.05, 0) is 12.5 Å². The summed E-state index contributed by atoms with van der Waals surface area (Å²) in [5, 5.41) is 4.97. The van der Waals surface area contributed by atoms with Crippen molar-refractivity contribution in [1.29, 1.82) is 0 Å². The number of nitrogens with zero attached hydrogens (tertiary/aromatic N) is 2. The van der Waals surface area contributed by atoms with Gasteiger partial charge in [0, 0.05) is 13.5 Å². The zero-order valence-corrected chi connectivity index (χ0v) is 11.4. The molecule has 0 aliphatic heterocycles. The van der Waals surface area contributed by atoms with Crippen molar-refractivity contribution in [3.05, 3.63) is 47.2 Å². The molecule has 20 heavy (non-hydrogen) atoms. The summed E-state index contributed by atoms with van der Waals surface area (Å²) in [6, 6.07) is 9.57. The molecule has 3 rings (SSSR count). The maximum atomic E-state index is 12.5. The molecule has 2 N–H and O–H groups in total. The van der Waals surface area contributed by atoms with E-state index in [1.165, 1.54) is 0 Å². The lowest BCUT2D eigenvalue weighted by atomic mass is 10.0. The predicted octanol–water partition coefficient (Wildman–Crippen LogP) is 2.48. The third-order valence-corrected chi connectivity index (χ3v) is 3.36. The Balaban J connectivity index is 2.05. The molecule has 0 amide bonds. The largest absolute Gasteiger partial charge is 0.422 e. The van der Waals surface area contributed by atoms with Crippen LogP contribution >= 0.6 is 0 Å². The molecule has 0 aliphatic carbocycles. The first-order chi connectivity index (χ1) is 9.58. The lowest BCUT2D eigenvalue weighted by Crippen LogP contribution is -2.05. The SMILES string of the molecule is Cc1nn(C)c2oc(N)c(C(=O)Cc3ccccc3)c12. The molecule has 3 aromatic rings.